The molecule has 0 spiro atoms. The monoisotopic (exact) mass is 442 g/mol. The lowest BCUT2D eigenvalue weighted by Gasteiger charge is -2.09. The minimum absolute atomic E-state index is 0.165. The molecule has 0 atom stereocenters. The minimum Gasteiger partial charge on any atom is -0.456 e. The Morgan fingerprint density at radius 2 is 1.87 bits per heavy atom. The van der Waals surface area contributed by atoms with Gasteiger partial charge >= 0.3 is 5.97 Å². The zero-order valence-electron chi connectivity index (χ0n) is 17.3. The van der Waals surface area contributed by atoms with Crippen molar-refractivity contribution in [3.05, 3.63) is 81.1 Å². The molecule has 31 heavy (non-hydrogen) atoms. The van der Waals surface area contributed by atoms with Crippen molar-refractivity contribution in [2.75, 3.05) is 13.2 Å². The third-order valence-electron chi connectivity index (χ3n) is 4.91. The summed E-state index contributed by atoms with van der Waals surface area (Å²) in [6.45, 7) is 3.67. The first-order valence-corrected chi connectivity index (χ1v) is 10.7. The van der Waals surface area contributed by atoms with Crippen LogP contribution < -0.4 is 5.32 Å². The molecule has 0 bridgehead atoms. The lowest BCUT2D eigenvalue weighted by molar-refractivity contribution is -0.141. The van der Waals surface area contributed by atoms with Crippen molar-refractivity contribution in [1.29, 1.82) is 0 Å². The SMILES string of the molecule is Cc1cc(C(=O)COC(=O)CNC(=O)c2ccccc2F)c(C)n1CCc1cccs1. The van der Waals surface area contributed by atoms with E-state index in [9.17, 15) is 18.8 Å². The summed E-state index contributed by atoms with van der Waals surface area (Å²) in [5.41, 5.74) is 2.12. The number of halogens is 1. The molecule has 6 nitrogen and oxygen atoms in total. The van der Waals surface area contributed by atoms with Crippen LogP contribution in [0.4, 0.5) is 4.39 Å². The van der Waals surface area contributed by atoms with Gasteiger partial charge < -0.3 is 14.6 Å². The Hall–Kier alpha value is -3.26. The van der Waals surface area contributed by atoms with E-state index in [2.05, 4.69) is 16.0 Å². The number of aromatic nitrogens is 1. The molecule has 162 valence electrons. The highest BCUT2D eigenvalue weighted by molar-refractivity contribution is 7.09. The second kappa shape index (κ2) is 10.2. The Kier molecular flexibility index (Phi) is 7.36. The van der Waals surface area contributed by atoms with Crippen LogP contribution in [0.5, 0.6) is 0 Å². The molecule has 0 fully saturated rings. The Morgan fingerprint density at radius 3 is 2.58 bits per heavy atom. The first kappa shape index (κ1) is 22.4. The number of esters is 1. The molecule has 0 saturated carbocycles. The van der Waals surface area contributed by atoms with Gasteiger partial charge in [-0.3, -0.25) is 14.4 Å². The molecule has 2 heterocycles. The van der Waals surface area contributed by atoms with Gasteiger partial charge in [-0.25, -0.2) is 4.39 Å². The molecular formula is C23H23FN2O4S. The summed E-state index contributed by atoms with van der Waals surface area (Å²) < 4.78 is 20.7. The first-order chi connectivity index (χ1) is 14.9. The van der Waals surface area contributed by atoms with Gasteiger partial charge in [0.05, 0.1) is 5.56 Å². The number of Topliss-reactive ketones (excluding diaryl/α,β-unsaturated/α-hetero) is 1. The van der Waals surface area contributed by atoms with Crippen molar-refractivity contribution in [1.82, 2.24) is 9.88 Å². The van der Waals surface area contributed by atoms with Crippen LogP contribution in [0.2, 0.25) is 0 Å². The first-order valence-electron chi connectivity index (χ1n) is 9.77. The van der Waals surface area contributed by atoms with Gasteiger partial charge in [-0.1, -0.05) is 18.2 Å². The van der Waals surface area contributed by atoms with E-state index in [-0.39, 0.29) is 11.3 Å². The van der Waals surface area contributed by atoms with Gasteiger partial charge in [0.2, 0.25) is 5.78 Å². The summed E-state index contributed by atoms with van der Waals surface area (Å²) in [5, 5.41) is 4.32. The third kappa shape index (κ3) is 5.67. The molecule has 3 aromatic rings. The van der Waals surface area contributed by atoms with E-state index in [0.29, 0.717) is 5.56 Å². The molecule has 2 aromatic heterocycles. The number of carbonyl (C=O) groups is 3. The maximum absolute atomic E-state index is 13.6. The number of benzene rings is 1. The van der Waals surface area contributed by atoms with Crippen molar-refractivity contribution in [2.24, 2.45) is 0 Å². The van der Waals surface area contributed by atoms with Crippen LogP contribution in [-0.2, 0) is 22.5 Å². The van der Waals surface area contributed by atoms with Gasteiger partial charge in [-0.15, -0.1) is 11.3 Å². The van der Waals surface area contributed by atoms with Crippen molar-refractivity contribution >= 4 is 29.0 Å². The van der Waals surface area contributed by atoms with E-state index in [0.717, 1.165) is 30.4 Å². The maximum atomic E-state index is 13.6. The Labute approximate surface area is 183 Å². The molecule has 0 aliphatic rings. The number of nitrogens with one attached hydrogen (secondary N) is 1. The Balaban J connectivity index is 1.51. The molecule has 0 aliphatic carbocycles. The summed E-state index contributed by atoms with van der Waals surface area (Å²) in [7, 11) is 0. The van der Waals surface area contributed by atoms with Gasteiger partial charge in [0.25, 0.3) is 5.91 Å². The smallest absolute Gasteiger partial charge is 0.325 e. The lowest BCUT2D eigenvalue weighted by Crippen LogP contribution is -2.32. The average molecular weight is 443 g/mol. The van der Waals surface area contributed by atoms with Crippen LogP contribution in [0.3, 0.4) is 0 Å². The molecule has 0 radical (unpaired) electrons. The number of amides is 1. The predicted octanol–water partition coefficient (Wildman–Crippen LogP) is 3.70. The van der Waals surface area contributed by atoms with Crippen molar-refractivity contribution in [3.8, 4) is 0 Å². The largest absolute Gasteiger partial charge is 0.456 e. The number of ketones is 1. The van der Waals surface area contributed by atoms with E-state index in [4.69, 9.17) is 4.74 Å². The average Bonchev–Trinajstić information content (AvgIpc) is 3.37. The molecule has 3 rings (SSSR count). The number of hydrogen-bond donors (Lipinski definition) is 1. The number of carbonyl (C=O) groups excluding carboxylic acids is 3. The van der Waals surface area contributed by atoms with Crippen molar-refractivity contribution < 1.29 is 23.5 Å². The van der Waals surface area contributed by atoms with Crippen LogP contribution in [0.1, 0.15) is 37.0 Å². The highest BCUT2D eigenvalue weighted by Crippen LogP contribution is 2.18. The minimum atomic E-state index is -0.774. The van der Waals surface area contributed by atoms with Gasteiger partial charge in [0.15, 0.2) is 6.61 Å². The number of ether oxygens (including phenoxy) is 1. The van der Waals surface area contributed by atoms with Crippen LogP contribution >= 0.6 is 11.3 Å². The molecule has 0 saturated heterocycles. The van der Waals surface area contributed by atoms with E-state index >= 15 is 0 Å². The van der Waals surface area contributed by atoms with E-state index in [1.807, 2.05) is 25.3 Å². The van der Waals surface area contributed by atoms with Gasteiger partial charge in [0.1, 0.15) is 12.4 Å². The molecule has 0 unspecified atom stereocenters. The van der Waals surface area contributed by atoms with E-state index in [1.165, 1.54) is 23.1 Å². The summed E-state index contributed by atoms with van der Waals surface area (Å²) in [4.78, 5) is 37.7. The summed E-state index contributed by atoms with van der Waals surface area (Å²) in [6.07, 6.45) is 0.873. The molecular weight excluding hydrogens is 419 g/mol. The van der Waals surface area contributed by atoms with E-state index in [1.54, 1.807) is 17.4 Å². The zero-order chi connectivity index (χ0) is 22.4. The number of thiophene rings is 1. The Bertz CT molecular complexity index is 1090. The summed E-state index contributed by atoms with van der Waals surface area (Å²) >= 11 is 1.70. The normalized spacial score (nSPS) is 10.7. The molecule has 1 N–H and O–H groups in total. The topological polar surface area (TPSA) is 77.4 Å². The number of hydrogen-bond acceptors (Lipinski definition) is 5. The van der Waals surface area contributed by atoms with Crippen molar-refractivity contribution in [2.45, 2.75) is 26.8 Å². The fourth-order valence-corrected chi connectivity index (χ4v) is 3.97. The second-order valence-corrected chi connectivity index (χ2v) is 8.04. The van der Waals surface area contributed by atoms with Crippen molar-refractivity contribution in [3.63, 3.8) is 0 Å². The lowest BCUT2D eigenvalue weighted by atomic mass is 10.1. The highest BCUT2D eigenvalue weighted by Gasteiger charge is 2.18. The Morgan fingerprint density at radius 1 is 1.10 bits per heavy atom. The standard InChI is InChI=1S/C23H23FN2O4S/c1-15-12-19(16(2)26(15)10-9-17-6-5-11-31-17)21(27)14-30-22(28)13-25-23(29)18-7-3-4-8-20(18)24/h3-8,11-12H,9-10,13-14H2,1-2H3,(H,25,29). The third-order valence-corrected chi connectivity index (χ3v) is 5.85. The molecule has 1 aromatic carbocycles. The molecule has 0 aliphatic heterocycles. The fraction of sp³-hybridized carbons (Fsp3) is 0.261. The predicted molar refractivity (Wildman–Crippen MR) is 116 cm³/mol. The quantitative estimate of drug-likeness (QED) is 0.405. The molecule has 8 heteroatoms. The van der Waals surface area contributed by atoms with Gasteiger partial charge in [0, 0.05) is 28.4 Å². The number of aryl methyl sites for hydroxylation is 2. The summed E-state index contributed by atoms with van der Waals surface area (Å²) in [6, 6.07) is 11.3. The van der Waals surface area contributed by atoms with Crippen LogP contribution in [0.25, 0.3) is 0 Å². The molecule has 1 amide bonds. The van der Waals surface area contributed by atoms with Gasteiger partial charge in [-0.2, -0.15) is 0 Å². The fourth-order valence-electron chi connectivity index (χ4n) is 3.27. The zero-order valence-corrected chi connectivity index (χ0v) is 18.1. The summed E-state index contributed by atoms with van der Waals surface area (Å²) in [5.74, 6) is -2.50. The van der Waals surface area contributed by atoms with E-state index < -0.39 is 30.8 Å². The van der Waals surface area contributed by atoms with Crippen LogP contribution in [0, 0.1) is 19.7 Å². The maximum Gasteiger partial charge on any atom is 0.325 e. The van der Waals surface area contributed by atoms with Gasteiger partial charge in [-0.05, 0) is 49.9 Å². The number of rotatable bonds is 9. The second-order valence-electron chi connectivity index (χ2n) is 7.01. The highest BCUT2D eigenvalue weighted by atomic mass is 32.1. The van der Waals surface area contributed by atoms with Crippen LogP contribution in [0.15, 0.2) is 47.8 Å². The number of nitrogens with zero attached hydrogens (tertiary/aromatic N) is 1. The van der Waals surface area contributed by atoms with Crippen LogP contribution in [-0.4, -0.2) is 35.4 Å².